The zero-order chi connectivity index (χ0) is 16.2. The van der Waals surface area contributed by atoms with Gasteiger partial charge in [-0.25, -0.2) is 9.97 Å². The summed E-state index contributed by atoms with van der Waals surface area (Å²) in [7, 11) is 0. The van der Waals surface area contributed by atoms with E-state index in [4.69, 9.17) is 9.15 Å². The summed E-state index contributed by atoms with van der Waals surface area (Å²) in [5.74, 6) is 1.95. The fourth-order valence-electron chi connectivity index (χ4n) is 2.72. The van der Waals surface area contributed by atoms with Gasteiger partial charge in [0.1, 0.15) is 23.7 Å². The molecule has 2 atom stereocenters. The van der Waals surface area contributed by atoms with Crippen molar-refractivity contribution in [2.24, 2.45) is 0 Å². The fourth-order valence-corrected chi connectivity index (χ4v) is 2.72. The molecular weight excluding hydrogens is 296 g/mol. The standard InChI is InChI=1S/C16H20N4O3/c1-10-7-12(11(2)23-10)16(21)20-13-4-6-22-8-14(13)19-15-3-5-17-9-18-15/h3,5,7,9,13-14H,4,6,8H2,1-2H3,(H,20,21)(H,17,18,19)/t13-,14+/m0/s1. The number of aromatic nitrogens is 2. The molecule has 0 spiro atoms. The van der Waals surface area contributed by atoms with Crippen molar-refractivity contribution in [1.82, 2.24) is 15.3 Å². The van der Waals surface area contributed by atoms with Gasteiger partial charge in [0.05, 0.1) is 24.3 Å². The Kier molecular flexibility index (Phi) is 4.57. The second kappa shape index (κ2) is 6.78. The fraction of sp³-hybridized carbons (Fsp3) is 0.438. The summed E-state index contributed by atoms with van der Waals surface area (Å²) in [5, 5.41) is 6.37. The number of nitrogens with one attached hydrogen (secondary N) is 2. The van der Waals surface area contributed by atoms with Gasteiger partial charge < -0.3 is 19.8 Å². The lowest BCUT2D eigenvalue weighted by molar-refractivity contribution is 0.0619. The van der Waals surface area contributed by atoms with Crippen molar-refractivity contribution in [1.29, 1.82) is 0 Å². The molecule has 0 saturated carbocycles. The molecule has 122 valence electrons. The first kappa shape index (κ1) is 15.5. The van der Waals surface area contributed by atoms with Crippen molar-refractivity contribution in [3.05, 3.63) is 41.7 Å². The monoisotopic (exact) mass is 316 g/mol. The van der Waals surface area contributed by atoms with Crippen LogP contribution in [0.25, 0.3) is 0 Å². The number of hydrogen-bond acceptors (Lipinski definition) is 6. The average Bonchev–Trinajstić information content (AvgIpc) is 2.89. The normalized spacial score (nSPS) is 21.0. The molecule has 1 aliphatic rings. The quantitative estimate of drug-likeness (QED) is 0.892. The minimum absolute atomic E-state index is 0.0409. The van der Waals surface area contributed by atoms with E-state index in [0.717, 1.165) is 12.2 Å². The summed E-state index contributed by atoms with van der Waals surface area (Å²) in [5.41, 5.74) is 0.578. The zero-order valence-corrected chi connectivity index (χ0v) is 13.2. The highest BCUT2D eigenvalue weighted by Gasteiger charge is 2.28. The zero-order valence-electron chi connectivity index (χ0n) is 13.2. The van der Waals surface area contributed by atoms with Gasteiger partial charge in [0.25, 0.3) is 5.91 Å². The number of ether oxygens (including phenoxy) is 1. The first-order valence-electron chi connectivity index (χ1n) is 7.61. The Morgan fingerprint density at radius 3 is 2.91 bits per heavy atom. The second-order valence-corrected chi connectivity index (χ2v) is 5.62. The molecular formula is C16H20N4O3. The summed E-state index contributed by atoms with van der Waals surface area (Å²) in [6, 6.07) is 3.46. The molecule has 23 heavy (non-hydrogen) atoms. The summed E-state index contributed by atoms with van der Waals surface area (Å²) >= 11 is 0. The van der Waals surface area contributed by atoms with E-state index in [9.17, 15) is 4.79 Å². The van der Waals surface area contributed by atoms with E-state index in [0.29, 0.717) is 30.4 Å². The molecule has 0 unspecified atom stereocenters. The second-order valence-electron chi connectivity index (χ2n) is 5.62. The Hall–Kier alpha value is -2.41. The van der Waals surface area contributed by atoms with Crippen LogP contribution in [0.15, 0.2) is 29.1 Å². The number of anilines is 1. The van der Waals surface area contributed by atoms with Crippen LogP contribution >= 0.6 is 0 Å². The summed E-state index contributed by atoms with van der Waals surface area (Å²) in [4.78, 5) is 20.5. The van der Waals surface area contributed by atoms with Crippen molar-refractivity contribution in [3.8, 4) is 0 Å². The first-order chi connectivity index (χ1) is 11.1. The van der Waals surface area contributed by atoms with Gasteiger partial charge in [0, 0.05) is 12.8 Å². The van der Waals surface area contributed by atoms with E-state index in [1.807, 2.05) is 6.92 Å². The molecule has 1 fully saturated rings. The van der Waals surface area contributed by atoms with Crippen LogP contribution in [-0.2, 0) is 4.74 Å². The molecule has 0 aromatic carbocycles. The Morgan fingerprint density at radius 2 is 2.22 bits per heavy atom. The number of furan rings is 1. The van der Waals surface area contributed by atoms with Gasteiger partial charge in [-0.1, -0.05) is 0 Å². The van der Waals surface area contributed by atoms with Crippen LogP contribution in [0.5, 0.6) is 0 Å². The maximum Gasteiger partial charge on any atom is 0.255 e. The molecule has 1 aliphatic heterocycles. The minimum atomic E-state index is -0.124. The van der Waals surface area contributed by atoms with Crippen molar-refractivity contribution < 1.29 is 13.9 Å². The van der Waals surface area contributed by atoms with E-state index in [1.54, 1.807) is 25.3 Å². The van der Waals surface area contributed by atoms with Gasteiger partial charge in [-0.2, -0.15) is 0 Å². The Labute approximate surface area is 134 Å². The van der Waals surface area contributed by atoms with Crippen LogP contribution in [0, 0.1) is 13.8 Å². The molecule has 1 amide bonds. The lowest BCUT2D eigenvalue weighted by Gasteiger charge is -2.33. The summed E-state index contributed by atoms with van der Waals surface area (Å²) < 4.78 is 11.0. The third kappa shape index (κ3) is 3.68. The number of carbonyl (C=O) groups excluding carboxylic acids is 1. The van der Waals surface area contributed by atoms with Gasteiger partial charge in [-0.05, 0) is 32.4 Å². The molecule has 7 nitrogen and oxygen atoms in total. The van der Waals surface area contributed by atoms with Crippen LogP contribution < -0.4 is 10.6 Å². The number of hydrogen-bond donors (Lipinski definition) is 2. The maximum absolute atomic E-state index is 12.5. The minimum Gasteiger partial charge on any atom is -0.466 e. The molecule has 3 rings (SSSR count). The van der Waals surface area contributed by atoms with Gasteiger partial charge >= 0.3 is 0 Å². The van der Waals surface area contributed by atoms with Crippen molar-refractivity contribution >= 4 is 11.7 Å². The first-order valence-corrected chi connectivity index (χ1v) is 7.61. The Bertz CT molecular complexity index is 671. The number of aryl methyl sites for hydroxylation is 2. The highest BCUT2D eigenvalue weighted by atomic mass is 16.5. The molecule has 7 heteroatoms. The molecule has 0 aliphatic carbocycles. The molecule has 3 heterocycles. The number of nitrogens with zero attached hydrogens (tertiary/aromatic N) is 2. The predicted octanol–water partition coefficient (Wildman–Crippen LogP) is 1.69. The SMILES string of the molecule is Cc1cc(C(=O)N[C@H]2CCOC[C@H]2Nc2ccncn2)c(C)o1. The molecule has 1 saturated heterocycles. The maximum atomic E-state index is 12.5. The third-order valence-corrected chi connectivity index (χ3v) is 3.87. The molecule has 0 radical (unpaired) electrons. The molecule has 0 bridgehead atoms. The Morgan fingerprint density at radius 1 is 1.35 bits per heavy atom. The smallest absolute Gasteiger partial charge is 0.255 e. The largest absolute Gasteiger partial charge is 0.466 e. The highest BCUT2D eigenvalue weighted by molar-refractivity contribution is 5.95. The van der Waals surface area contributed by atoms with Crippen LogP contribution in [0.4, 0.5) is 5.82 Å². The highest BCUT2D eigenvalue weighted by Crippen LogP contribution is 2.17. The van der Waals surface area contributed by atoms with Crippen molar-refractivity contribution in [2.75, 3.05) is 18.5 Å². The van der Waals surface area contributed by atoms with E-state index >= 15 is 0 Å². The number of amides is 1. The number of rotatable bonds is 4. The van der Waals surface area contributed by atoms with E-state index in [-0.39, 0.29) is 18.0 Å². The molecule has 2 N–H and O–H groups in total. The van der Waals surface area contributed by atoms with Crippen molar-refractivity contribution in [2.45, 2.75) is 32.4 Å². The van der Waals surface area contributed by atoms with Crippen LogP contribution in [0.1, 0.15) is 28.3 Å². The topological polar surface area (TPSA) is 89.3 Å². The molecule has 2 aromatic heterocycles. The lowest BCUT2D eigenvalue weighted by atomic mass is 10.0. The van der Waals surface area contributed by atoms with E-state index in [1.165, 1.54) is 6.33 Å². The average molecular weight is 316 g/mol. The summed E-state index contributed by atoms with van der Waals surface area (Å²) in [6.45, 7) is 4.76. The lowest BCUT2D eigenvalue weighted by Crippen LogP contribution is -2.52. The van der Waals surface area contributed by atoms with Gasteiger partial charge in [0.2, 0.25) is 0 Å². The van der Waals surface area contributed by atoms with Gasteiger partial charge in [0.15, 0.2) is 0 Å². The van der Waals surface area contributed by atoms with Gasteiger partial charge in [-0.3, -0.25) is 4.79 Å². The number of carbonyl (C=O) groups is 1. The van der Waals surface area contributed by atoms with Crippen molar-refractivity contribution in [3.63, 3.8) is 0 Å². The van der Waals surface area contributed by atoms with Crippen LogP contribution in [0.2, 0.25) is 0 Å². The summed E-state index contributed by atoms with van der Waals surface area (Å²) in [6.07, 6.45) is 3.89. The van der Waals surface area contributed by atoms with E-state index in [2.05, 4.69) is 20.6 Å². The van der Waals surface area contributed by atoms with Gasteiger partial charge in [-0.15, -0.1) is 0 Å². The van der Waals surface area contributed by atoms with Crippen LogP contribution in [-0.4, -0.2) is 41.2 Å². The molecule has 2 aromatic rings. The van der Waals surface area contributed by atoms with E-state index < -0.39 is 0 Å². The Balaban J connectivity index is 1.69. The van der Waals surface area contributed by atoms with Crippen LogP contribution in [0.3, 0.4) is 0 Å². The third-order valence-electron chi connectivity index (χ3n) is 3.87. The predicted molar refractivity (Wildman–Crippen MR) is 84.3 cm³/mol.